The monoisotopic (exact) mass is 243 g/mol. The van der Waals surface area contributed by atoms with E-state index in [0.717, 1.165) is 12.8 Å². The number of urea groups is 1. The quantitative estimate of drug-likeness (QED) is 0.734. The Balaban J connectivity index is 2.84. The van der Waals surface area contributed by atoms with Crippen molar-refractivity contribution in [1.29, 1.82) is 0 Å². The fraction of sp³-hybridized carbons (Fsp3) is 0.917. The van der Waals surface area contributed by atoms with Gasteiger partial charge in [-0.1, -0.05) is 0 Å². The van der Waals surface area contributed by atoms with Crippen LogP contribution in [0.5, 0.6) is 0 Å². The first kappa shape index (κ1) is 14.3. The molecule has 0 aromatic rings. The molecule has 5 heteroatoms. The molecule has 5 nitrogen and oxygen atoms in total. The minimum absolute atomic E-state index is 0.00609. The minimum atomic E-state index is -0.412. The Bertz CT molecular complexity index is 273. The Morgan fingerprint density at radius 2 is 1.82 bits per heavy atom. The molecule has 0 bridgehead atoms. The number of nitrogens with zero attached hydrogens (tertiary/aromatic N) is 1. The third-order valence-electron chi connectivity index (χ3n) is 3.16. The first-order valence-corrected chi connectivity index (χ1v) is 6.01. The summed E-state index contributed by atoms with van der Waals surface area (Å²) in [6.07, 6.45) is 1.76. The van der Waals surface area contributed by atoms with Gasteiger partial charge in [-0.3, -0.25) is 4.90 Å². The smallest absolute Gasteiger partial charge is 0.316 e. The van der Waals surface area contributed by atoms with E-state index < -0.39 is 6.03 Å². The van der Waals surface area contributed by atoms with Crippen LogP contribution in [0, 0.1) is 0 Å². The number of carbonyl (C=O) groups is 1. The lowest BCUT2D eigenvalue weighted by atomic mass is 9.79. The molecule has 3 N–H and O–H groups in total. The lowest BCUT2D eigenvalue weighted by molar-refractivity contribution is 0.0201. The van der Waals surface area contributed by atoms with Crippen molar-refractivity contribution in [2.75, 3.05) is 13.8 Å². The van der Waals surface area contributed by atoms with Gasteiger partial charge in [0.2, 0.25) is 0 Å². The van der Waals surface area contributed by atoms with Crippen molar-refractivity contribution in [3.8, 4) is 0 Å². The average molecular weight is 243 g/mol. The van der Waals surface area contributed by atoms with Gasteiger partial charge in [0.05, 0.1) is 0 Å². The van der Waals surface area contributed by atoms with E-state index >= 15 is 0 Å². The molecule has 0 aliphatic carbocycles. The van der Waals surface area contributed by atoms with E-state index in [9.17, 15) is 4.79 Å². The Labute approximate surface area is 104 Å². The fourth-order valence-electron chi connectivity index (χ4n) is 2.98. The van der Waals surface area contributed by atoms with E-state index in [2.05, 4.69) is 33.0 Å². The molecule has 1 saturated heterocycles. The lowest BCUT2D eigenvalue weighted by Gasteiger charge is -2.49. The summed E-state index contributed by atoms with van der Waals surface area (Å²) in [6, 6.07) is -0.288. The number of piperidine rings is 1. The van der Waals surface area contributed by atoms with E-state index in [0.29, 0.717) is 0 Å². The minimum Gasteiger partial charge on any atom is -0.364 e. The van der Waals surface area contributed by atoms with Gasteiger partial charge in [-0.05, 0) is 40.5 Å². The normalized spacial score (nSPS) is 23.4. The van der Waals surface area contributed by atoms with E-state index in [1.807, 2.05) is 0 Å². The van der Waals surface area contributed by atoms with Gasteiger partial charge in [0, 0.05) is 24.2 Å². The largest absolute Gasteiger partial charge is 0.364 e. The number of nitrogens with one attached hydrogen (secondary N) is 1. The van der Waals surface area contributed by atoms with E-state index in [1.165, 1.54) is 0 Å². The molecule has 1 aliphatic heterocycles. The first-order chi connectivity index (χ1) is 7.67. The molecule has 2 amide bonds. The summed E-state index contributed by atoms with van der Waals surface area (Å²) >= 11 is 0. The van der Waals surface area contributed by atoms with Crippen LogP contribution >= 0.6 is 0 Å². The average Bonchev–Trinajstić information content (AvgIpc) is 2.08. The number of carbonyl (C=O) groups excluding carboxylic acids is 1. The van der Waals surface area contributed by atoms with E-state index in [1.54, 1.807) is 12.0 Å². The molecular weight excluding hydrogens is 218 g/mol. The van der Waals surface area contributed by atoms with Crippen LogP contribution < -0.4 is 11.1 Å². The maximum absolute atomic E-state index is 11.5. The van der Waals surface area contributed by atoms with Gasteiger partial charge in [0.1, 0.15) is 6.73 Å². The maximum atomic E-state index is 11.5. The SMILES string of the molecule is COCN(C(N)=O)C1CC(C)(C)NC(C)(C)C1. The molecule has 0 saturated carbocycles. The van der Waals surface area contributed by atoms with Gasteiger partial charge >= 0.3 is 6.03 Å². The van der Waals surface area contributed by atoms with Crippen molar-refractivity contribution in [2.45, 2.75) is 57.7 Å². The molecular formula is C12H25N3O2. The van der Waals surface area contributed by atoms with Gasteiger partial charge in [-0.25, -0.2) is 4.79 Å². The summed E-state index contributed by atoms with van der Waals surface area (Å²) in [4.78, 5) is 13.1. The van der Waals surface area contributed by atoms with Crippen LogP contribution in [-0.4, -0.2) is 41.9 Å². The molecule has 17 heavy (non-hydrogen) atoms. The number of hydrogen-bond donors (Lipinski definition) is 2. The molecule has 0 aromatic heterocycles. The molecule has 1 fully saturated rings. The van der Waals surface area contributed by atoms with Gasteiger partial charge in [0.15, 0.2) is 0 Å². The molecule has 0 spiro atoms. The van der Waals surface area contributed by atoms with Crippen molar-refractivity contribution in [3.63, 3.8) is 0 Å². The molecule has 0 radical (unpaired) electrons. The van der Waals surface area contributed by atoms with Crippen LogP contribution in [0.3, 0.4) is 0 Å². The number of amides is 2. The standard InChI is InChI=1S/C12H25N3O2/c1-11(2)6-9(7-12(3,4)14-11)15(8-17-5)10(13)16/h9,14H,6-8H2,1-5H3,(H2,13,16). The van der Waals surface area contributed by atoms with Crippen molar-refractivity contribution in [3.05, 3.63) is 0 Å². The third kappa shape index (κ3) is 3.85. The predicted octanol–water partition coefficient (Wildman–Crippen LogP) is 1.28. The zero-order chi connectivity index (χ0) is 13.3. The predicted molar refractivity (Wildman–Crippen MR) is 67.6 cm³/mol. The van der Waals surface area contributed by atoms with Gasteiger partial charge < -0.3 is 15.8 Å². The molecule has 100 valence electrons. The van der Waals surface area contributed by atoms with Crippen molar-refractivity contribution in [1.82, 2.24) is 10.2 Å². The first-order valence-electron chi connectivity index (χ1n) is 6.01. The van der Waals surface area contributed by atoms with Crippen LogP contribution in [-0.2, 0) is 4.74 Å². The highest BCUT2D eigenvalue weighted by Crippen LogP contribution is 2.31. The summed E-state index contributed by atoms with van der Waals surface area (Å²) in [5.74, 6) is 0. The highest BCUT2D eigenvalue weighted by atomic mass is 16.5. The number of methoxy groups -OCH3 is 1. The molecule has 0 atom stereocenters. The summed E-state index contributed by atoms with van der Waals surface area (Å²) in [6.45, 7) is 8.84. The summed E-state index contributed by atoms with van der Waals surface area (Å²) in [5, 5.41) is 3.58. The van der Waals surface area contributed by atoms with Crippen molar-refractivity contribution in [2.24, 2.45) is 5.73 Å². The van der Waals surface area contributed by atoms with Crippen LogP contribution in [0.2, 0.25) is 0 Å². The highest BCUT2D eigenvalue weighted by Gasteiger charge is 2.40. The van der Waals surface area contributed by atoms with Crippen LogP contribution in [0.4, 0.5) is 4.79 Å². The lowest BCUT2D eigenvalue weighted by Crippen LogP contribution is -2.63. The summed E-state index contributed by atoms with van der Waals surface area (Å²) in [5.41, 5.74) is 5.41. The number of hydrogen-bond acceptors (Lipinski definition) is 3. The van der Waals surface area contributed by atoms with Gasteiger partial charge in [-0.2, -0.15) is 0 Å². The Morgan fingerprint density at radius 1 is 1.35 bits per heavy atom. The van der Waals surface area contributed by atoms with E-state index in [4.69, 9.17) is 10.5 Å². The second-order valence-corrected chi connectivity index (χ2v) is 6.18. The Morgan fingerprint density at radius 3 is 2.18 bits per heavy atom. The second kappa shape index (κ2) is 4.82. The number of rotatable bonds is 3. The van der Waals surface area contributed by atoms with Gasteiger partial charge in [0.25, 0.3) is 0 Å². The van der Waals surface area contributed by atoms with Gasteiger partial charge in [-0.15, -0.1) is 0 Å². The van der Waals surface area contributed by atoms with Crippen LogP contribution in [0.25, 0.3) is 0 Å². The second-order valence-electron chi connectivity index (χ2n) is 6.18. The fourth-order valence-corrected chi connectivity index (χ4v) is 2.98. The molecule has 0 unspecified atom stereocenters. The number of primary amides is 1. The molecule has 1 rings (SSSR count). The van der Waals surface area contributed by atoms with E-state index in [-0.39, 0.29) is 23.9 Å². The summed E-state index contributed by atoms with van der Waals surface area (Å²) in [7, 11) is 1.58. The van der Waals surface area contributed by atoms with Crippen molar-refractivity contribution >= 4 is 6.03 Å². The molecule has 1 aliphatic rings. The highest BCUT2D eigenvalue weighted by molar-refractivity contribution is 5.72. The van der Waals surface area contributed by atoms with Crippen molar-refractivity contribution < 1.29 is 9.53 Å². The Hall–Kier alpha value is -0.810. The van der Waals surface area contributed by atoms with Crippen LogP contribution in [0.15, 0.2) is 0 Å². The third-order valence-corrected chi connectivity index (χ3v) is 3.16. The zero-order valence-electron chi connectivity index (χ0n) is 11.5. The molecule has 1 heterocycles. The summed E-state index contributed by atoms with van der Waals surface area (Å²) < 4.78 is 5.06. The van der Waals surface area contributed by atoms with Crippen LogP contribution in [0.1, 0.15) is 40.5 Å². The maximum Gasteiger partial charge on any atom is 0.316 e. The Kier molecular flexibility index (Phi) is 4.04. The zero-order valence-corrected chi connectivity index (χ0v) is 11.5. The number of ether oxygens (including phenoxy) is 1. The number of nitrogens with two attached hydrogens (primary N) is 1. The molecule has 0 aromatic carbocycles. The topological polar surface area (TPSA) is 67.6 Å².